The van der Waals surface area contributed by atoms with Gasteiger partial charge in [-0.25, -0.2) is 5.10 Å². The number of allylic oxidation sites excluding steroid dienone is 1. The molecule has 1 saturated carbocycles. The van der Waals surface area contributed by atoms with Crippen molar-refractivity contribution in [1.29, 1.82) is 0 Å². The van der Waals surface area contributed by atoms with Crippen molar-refractivity contribution < 1.29 is 9.38 Å². The van der Waals surface area contributed by atoms with E-state index in [2.05, 4.69) is 49.7 Å². The minimum Gasteiger partial charge on any atom is -0.626 e. The van der Waals surface area contributed by atoms with Gasteiger partial charge in [0.15, 0.2) is 12.5 Å². The van der Waals surface area contributed by atoms with Gasteiger partial charge >= 0.3 is 0 Å². The van der Waals surface area contributed by atoms with E-state index < -0.39 is 0 Å². The monoisotopic (exact) mass is 503 g/mol. The van der Waals surface area contributed by atoms with Gasteiger partial charge < -0.3 is 19.5 Å². The number of nitrogens with one attached hydrogen (secondary N) is 1. The molecule has 0 amide bonds. The standard InChI is InChI=1S/C28H37N7O2/c1-3-4-11-25-18-34(26-12-6-5-7-13-27(26)37-2)20-35(25,36)19-24-17-22(14-15-29-24)21-9-8-10-23(16-21)28-30-32-33-31-28/h8-10,14-18,26-27H,3-7,11-13,19-20H2,1-2H3,(H,30,31,32,33). The van der Waals surface area contributed by atoms with Crippen molar-refractivity contribution in [2.24, 2.45) is 0 Å². The maximum absolute atomic E-state index is 14.4. The SMILES string of the molecule is CCCCC1=CN(C2CCCCCC2OC)C[N+]1([O-])Cc1cc(-c2cccc(-c3nnn[nH]3)c2)ccn1. The summed E-state index contributed by atoms with van der Waals surface area (Å²) < 4.78 is 5.53. The summed E-state index contributed by atoms with van der Waals surface area (Å²) in [6.07, 6.45) is 12.8. The zero-order valence-corrected chi connectivity index (χ0v) is 21.8. The van der Waals surface area contributed by atoms with Crippen LogP contribution in [0.25, 0.3) is 22.5 Å². The van der Waals surface area contributed by atoms with Crippen LogP contribution < -0.4 is 0 Å². The molecule has 9 nitrogen and oxygen atoms in total. The molecule has 37 heavy (non-hydrogen) atoms. The second-order valence-corrected chi connectivity index (χ2v) is 10.3. The Kier molecular flexibility index (Phi) is 7.93. The van der Waals surface area contributed by atoms with Gasteiger partial charge in [-0.15, -0.1) is 5.10 Å². The maximum Gasteiger partial charge on any atom is 0.179 e. The van der Waals surface area contributed by atoms with E-state index >= 15 is 0 Å². The van der Waals surface area contributed by atoms with Crippen LogP contribution in [0.4, 0.5) is 0 Å². The lowest BCUT2D eigenvalue weighted by Gasteiger charge is -2.42. The van der Waals surface area contributed by atoms with Crippen LogP contribution >= 0.6 is 0 Å². The van der Waals surface area contributed by atoms with Crippen molar-refractivity contribution in [1.82, 2.24) is 30.5 Å². The molecule has 3 unspecified atom stereocenters. The molecule has 1 aromatic carbocycles. The molecule has 3 aromatic rings. The fourth-order valence-electron chi connectivity index (χ4n) is 5.71. The van der Waals surface area contributed by atoms with Gasteiger partial charge in [0.2, 0.25) is 0 Å². The molecule has 0 radical (unpaired) electrons. The van der Waals surface area contributed by atoms with Gasteiger partial charge in [0.25, 0.3) is 0 Å². The second kappa shape index (κ2) is 11.5. The molecule has 0 bridgehead atoms. The summed E-state index contributed by atoms with van der Waals surface area (Å²) in [5.74, 6) is 0.621. The third-order valence-electron chi connectivity index (χ3n) is 7.71. The number of quaternary nitrogens is 1. The minimum absolute atomic E-state index is 0.172. The Balaban J connectivity index is 1.39. The number of rotatable bonds is 9. The Bertz CT molecular complexity index is 1200. The first-order valence-electron chi connectivity index (χ1n) is 13.5. The fourth-order valence-corrected chi connectivity index (χ4v) is 5.71. The lowest BCUT2D eigenvalue weighted by Crippen LogP contribution is -2.47. The minimum atomic E-state index is -0.368. The number of unbranched alkanes of at least 4 members (excludes halogenated alkanes) is 1. The number of aromatic nitrogens is 5. The lowest BCUT2D eigenvalue weighted by molar-refractivity contribution is -0.860. The molecule has 0 saturated heterocycles. The van der Waals surface area contributed by atoms with Crippen LogP contribution in [-0.4, -0.2) is 61.1 Å². The average Bonchev–Trinajstić information content (AvgIpc) is 3.49. The molecule has 1 aliphatic carbocycles. The summed E-state index contributed by atoms with van der Waals surface area (Å²) in [6.45, 7) is 2.91. The van der Waals surface area contributed by atoms with E-state index in [0.717, 1.165) is 60.2 Å². The number of aromatic amines is 1. The summed E-state index contributed by atoms with van der Waals surface area (Å²) in [7, 11) is 1.81. The molecule has 196 valence electrons. The quantitative estimate of drug-likeness (QED) is 0.237. The van der Waals surface area contributed by atoms with E-state index in [0.29, 0.717) is 19.0 Å². The number of ether oxygens (including phenoxy) is 1. The van der Waals surface area contributed by atoms with Crippen LogP contribution in [0.3, 0.4) is 0 Å². The van der Waals surface area contributed by atoms with E-state index in [1.165, 1.54) is 19.3 Å². The van der Waals surface area contributed by atoms with Crippen LogP contribution in [-0.2, 0) is 11.3 Å². The van der Waals surface area contributed by atoms with E-state index in [-0.39, 0.29) is 16.8 Å². The molecule has 9 heteroatoms. The van der Waals surface area contributed by atoms with E-state index in [4.69, 9.17) is 4.74 Å². The molecular weight excluding hydrogens is 466 g/mol. The first-order chi connectivity index (χ1) is 18.1. The fraction of sp³-hybridized carbons (Fsp3) is 0.500. The second-order valence-electron chi connectivity index (χ2n) is 10.3. The predicted octanol–water partition coefficient (Wildman–Crippen LogP) is 5.40. The number of hydrogen-bond donors (Lipinski definition) is 1. The Morgan fingerprint density at radius 3 is 2.76 bits per heavy atom. The Hall–Kier alpha value is -3.14. The lowest BCUT2D eigenvalue weighted by atomic mass is 10.0. The molecule has 1 fully saturated rings. The van der Waals surface area contributed by atoms with Gasteiger partial charge in [0.05, 0.1) is 24.0 Å². The van der Waals surface area contributed by atoms with Gasteiger partial charge in [-0.1, -0.05) is 50.8 Å². The van der Waals surface area contributed by atoms with Crippen LogP contribution in [0.1, 0.15) is 64.0 Å². The Labute approximate surface area is 218 Å². The highest BCUT2D eigenvalue weighted by Crippen LogP contribution is 2.36. The summed E-state index contributed by atoms with van der Waals surface area (Å²) in [5.41, 5.74) is 4.70. The molecule has 2 aromatic heterocycles. The largest absolute Gasteiger partial charge is 0.626 e. The van der Waals surface area contributed by atoms with Gasteiger partial charge in [-0.05, 0) is 59.0 Å². The highest BCUT2D eigenvalue weighted by atomic mass is 16.6. The van der Waals surface area contributed by atoms with Crippen molar-refractivity contribution in [2.75, 3.05) is 13.8 Å². The van der Waals surface area contributed by atoms with E-state index in [1.54, 1.807) is 6.20 Å². The summed E-state index contributed by atoms with van der Waals surface area (Å²) in [6, 6.07) is 12.3. The molecule has 0 spiro atoms. The smallest absolute Gasteiger partial charge is 0.179 e. The number of benzene rings is 1. The third kappa shape index (κ3) is 5.74. The maximum atomic E-state index is 14.4. The topological polar surface area (TPSA) is 103 Å². The summed E-state index contributed by atoms with van der Waals surface area (Å²) in [5, 5.41) is 28.6. The van der Waals surface area contributed by atoms with Crippen molar-refractivity contribution in [3.8, 4) is 22.5 Å². The molecule has 1 aliphatic heterocycles. The zero-order chi connectivity index (χ0) is 25.7. The molecule has 3 heterocycles. The van der Waals surface area contributed by atoms with E-state index in [9.17, 15) is 5.21 Å². The zero-order valence-electron chi connectivity index (χ0n) is 21.8. The van der Waals surface area contributed by atoms with E-state index in [1.807, 2.05) is 37.4 Å². The van der Waals surface area contributed by atoms with Gasteiger partial charge in [-0.3, -0.25) is 4.98 Å². The number of pyridine rings is 1. The van der Waals surface area contributed by atoms with Crippen LogP contribution in [0.5, 0.6) is 0 Å². The number of tetrazole rings is 1. The van der Waals surface area contributed by atoms with Crippen LogP contribution in [0, 0.1) is 5.21 Å². The molecular formula is C28H37N7O2. The molecule has 1 N–H and O–H groups in total. The van der Waals surface area contributed by atoms with Gasteiger partial charge in [0.1, 0.15) is 12.2 Å². The van der Waals surface area contributed by atoms with Crippen LogP contribution in [0.15, 0.2) is 54.5 Å². The highest BCUT2D eigenvalue weighted by Gasteiger charge is 2.39. The Morgan fingerprint density at radius 2 is 1.95 bits per heavy atom. The number of hydroxylamine groups is 3. The van der Waals surface area contributed by atoms with Crippen molar-refractivity contribution in [3.05, 3.63) is 65.4 Å². The van der Waals surface area contributed by atoms with Crippen molar-refractivity contribution >= 4 is 0 Å². The number of hydrogen-bond acceptors (Lipinski definition) is 7. The predicted molar refractivity (Wildman–Crippen MR) is 142 cm³/mol. The van der Waals surface area contributed by atoms with Crippen LogP contribution in [0.2, 0.25) is 0 Å². The first kappa shape index (κ1) is 25.5. The summed E-state index contributed by atoms with van der Waals surface area (Å²) >= 11 is 0. The number of H-pyrrole nitrogens is 1. The molecule has 5 rings (SSSR count). The van der Waals surface area contributed by atoms with Gasteiger partial charge in [-0.2, -0.15) is 0 Å². The average molecular weight is 504 g/mol. The first-order valence-corrected chi connectivity index (χ1v) is 13.5. The summed E-state index contributed by atoms with van der Waals surface area (Å²) in [4.78, 5) is 6.91. The molecule has 3 atom stereocenters. The third-order valence-corrected chi connectivity index (χ3v) is 7.71. The highest BCUT2D eigenvalue weighted by molar-refractivity contribution is 5.69. The van der Waals surface area contributed by atoms with Gasteiger partial charge in [0, 0.05) is 25.3 Å². The number of methoxy groups -OCH3 is 1. The number of nitrogens with zero attached hydrogens (tertiary/aromatic N) is 6. The molecule has 2 aliphatic rings. The Morgan fingerprint density at radius 1 is 1.11 bits per heavy atom. The normalized spacial score (nSPS) is 24.2. The van der Waals surface area contributed by atoms with Crippen molar-refractivity contribution in [2.45, 2.75) is 77.0 Å². The van der Waals surface area contributed by atoms with Crippen molar-refractivity contribution in [3.63, 3.8) is 0 Å².